The number of carbonyl (C=O) groups is 1. The lowest BCUT2D eigenvalue weighted by Gasteiger charge is -2.18. The van der Waals surface area contributed by atoms with Crippen LogP contribution in [0, 0.1) is 19.8 Å². The molecule has 1 aliphatic heterocycles. The number of carbonyl (C=O) groups excluding carboxylic acids is 1. The Morgan fingerprint density at radius 1 is 1.28 bits per heavy atom. The standard InChI is InChI=1S/C20H23NO4/c1-13-10-18(22)25-14(2)19(13)20(23)21-9-8-16(12-21)11-15-4-6-17(24-3)7-5-15/h4-7,10,16H,8-9,11-12H2,1-3H3. The zero-order chi connectivity index (χ0) is 18.0. The second-order valence-electron chi connectivity index (χ2n) is 6.64. The van der Waals surface area contributed by atoms with Crippen LogP contribution in [0.4, 0.5) is 0 Å². The summed E-state index contributed by atoms with van der Waals surface area (Å²) in [5.41, 5.74) is 2.03. The Kier molecular flexibility index (Phi) is 4.93. The number of likely N-dealkylation sites (tertiary alicyclic amines) is 1. The molecule has 132 valence electrons. The van der Waals surface area contributed by atoms with Crippen molar-refractivity contribution in [2.75, 3.05) is 20.2 Å². The van der Waals surface area contributed by atoms with Gasteiger partial charge < -0.3 is 14.1 Å². The van der Waals surface area contributed by atoms with Gasteiger partial charge in [0.05, 0.1) is 12.7 Å². The van der Waals surface area contributed by atoms with Gasteiger partial charge in [0, 0.05) is 19.2 Å². The lowest BCUT2D eigenvalue weighted by Crippen LogP contribution is -2.30. The van der Waals surface area contributed by atoms with Crippen molar-refractivity contribution in [3.8, 4) is 5.75 Å². The van der Waals surface area contributed by atoms with Crippen LogP contribution in [0.1, 0.15) is 33.7 Å². The molecule has 25 heavy (non-hydrogen) atoms. The Morgan fingerprint density at radius 2 is 2.00 bits per heavy atom. The van der Waals surface area contributed by atoms with E-state index in [9.17, 15) is 9.59 Å². The zero-order valence-corrected chi connectivity index (χ0v) is 14.9. The maximum Gasteiger partial charge on any atom is 0.336 e. The molecule has 1 aliphatic rings. The topological polar surface area (TPSA) is 59.8 Å². The third kappa shape index (κ3) is 3.76. The maximum absolute atomic E-state index is 12.8. The quantitative estimate of drug-likeness (QED) is 0.858. The Hall–Kier alpha value is -2.56. The molecule has 5 heteroatoms. The van der Waals surface area contributed by atoms with Crippen LogP contribution in [0.15, 0.2) is 39.5 Å². The van der Waals surface area contributed by atoms with Crippen molar-refractivity contribution < 1.29 is 13.9 Å². The van der Waals surface area contributed by atoms with Crippen LogP contribution >= 0.6 is 0 Å². The van der Waals surface area contributed by atoms with Gasteiger partial charge >= 0.3 is 5.63 Å². The van der Waals surface area contributed by atoms with Gasteiger partial charge in [-0.2, -0.15) is 0 Å². The molecular formula is C20H23NO4. The third-order valence-electron chi connectivity index (χ3n) is 4.80. The van der Waals surface area contributed by atoms with E-state index in [0.29, 0.717) is 22.8 Å². The first kappa shape index (κ1) is 17.3. The molecule has 1 aromatic heterocycles. The van der Waals surface area contributed by atoms with Crippen LogP contribution < -0.4 is 10.4 Å². The maximum atomic E-state index is 12.8. The van der Waals surface area contributed by atoms with E-state index in [2.05, 4.69) is 12.1 Å². The highest BCUT2D eigenvalue weighted by Gasteiger charge is 2.29. The SMILES string of the molecule is COc1ccc(CC2CCN(C(=O)c3c(C)cc(=O)oc3C)C2)cc1. The van der Waals surface area contributed by atoms with Crippen LogP contribution in [-0.2, 0) is 6.42 Å². The van der Waals surface area contributed by atoms with E-state index in [1.807, 2.05) is 17.0 Å². The summed E-state index contributed by atoms with van der Waals surface area (Å²) in [5, 5.41) is 0. The van der Waals surface area contributed by atoms with E-state index >= 15 is 0 Å². The molecular weight excluding hydrogens is 318 g/mol. The Balaban J connectivity index is 1.68. The van der Waals surface area contributed by atoms with Crippen LogP contribution in [0.25, 0.3) is 0 Å². The predicted molar refractivity (Wildman–Crippen MR) is 95.2 cm³/mol. The Labute approximate surface area is 147 Å². The average molecular weight is 341 g/mol. The van der Waals surface area contributed by atoms with Gasteiger partial charge in [0.25, 0.3) is 5.91 Å². The molecule has 5 nitrogen and oxygen atoms in total. The number of hydrogen-bond acceptors (Lipinski definition) is 4. The zero-order valence-electron chi connectivity index (χ0n) is 14.9. The summed E-state index contributed by atoms with van der Waals surface area (Å²) in [4.78, 5) is 26.1. The van der Waals surface area contributed by atoms with Crippen molar-refractivity contribution in [3.63, 3.8) is 0 Å². The number of benzene rings is 1. The minimum absolute atomic E-state index is 0.0454. The Morgan fingerprint density at radius 3 is 2.64 bits per heavy atom. The number of aryl methyl sites for hydroxylation is 2. The van der Waals surface area contributed by atoms with Crippen molar-refractivity contribution in [2.24, 2.45) is 5.92 Å². The fraction of sp³-hybridized carbons (Fsp3) is 0.400. The molecule has 0 aliphatic carbocycles. The molecule has 0 N–H and O–H groups in total. The van der Waals surface area contributed by atoms with Gasteiger partial charge in [0.2, 0.25) is 0 Å². The van der Waals surface area contributed by atoms with Crippen LogP contribution in [-0.4, -0.2) is 31.0 Å². The minimum Gasteiger partial charge on any atom is -0.497 e. The molecule has 1 unspecified atom stereocenters. The van der Waals surface area contributed by atoms with Crippen molar-refractivity contribution in [1.29, 1.82) is 0 Å². The van der Waals surface area contributed by atoms with Gasteiger partial charge in [-0.1, -0.05) is 12.1 Å². The van der Waals surface area contributed by atoms with E-state index in [1.165, 1.54) is 11.6 Å². The second kappa shape index (κ2) is 7.13. The summed E-state index contributed by atoms with van der Waals surface area (Å²) < 4.78 is 10.3. The molecule has 1 fully saturated rings. The van der Waals surface area contributed by atoms with Gasteiger partial charge in [-0.15, -0.1) is 0 Å². The summed E-state index contributed by atoms with van der Waals surface area (Å²) in [5.74, 6) is 1.64. The smallest absolute Gasteiger partial charge is 0.336 e. The second-order valence-corrected chi connectivity index (χ2v) is 6.64. The van der Waals surface area contributed by atoms with Gasteiger partial charge in [0.1, 0.15) is 11.5 Å². The lowest BCUT2D eigenvalue weighted by molar-refractivity contribution is 0.0782. The van der Waals surface area contributed by atoms with Crippen LogP contribution in [0.5, 0.6) is 5.75 Å². The van der Waals surface area contributed by atoms with Gasteiger partial charge in [-0.25, -0.2) is 4.79 Å². The predicted octanol–water partition coefficient (Wildman–Crippen LogP) is 2.97. The molecule has 0 saturated carbocycles. The summed E-state index contributed by atoms with van der Waals surface area (Å²) in [7, 11) is 1.66. The molecule has 0 spiro atoms. The Bertz CT molecular complexity index is 796. The van der Waals surface area contributed by atoms with E-state index in [1.54, 1.807) is 21.0 Å². The lowest BCUT2D eigenvalue weighted by atomic mass is 9.99. The molecule has 0 bridgehead atoms. The van der Waals surface area contributed by atoms with Crippen molar-refractivity contribution in [2.45, 2.75) is 26.7 Å². The summed E-state index contributed by atoms with van der Waals surface area (Å²) in [6, 6.07) is 9.45. The average Bonchev–Trinajstić information content (AvgIpc) is 3.03. The first-order valence-corrected chi connectivity index (χ1v) is 8.51. The van der Waals surface area contributed by atoms with Crippen LogP contribution in [0.3, 0.4) is 0 Å². The first-order chi connectivity index (χ1) is 12.0. The largest absolute Gasteiger partial charge is 0.497 e. The highest BCUT2D eigenvalue weighted by molar-refractivity contribution is 5.96. The van der Waals surface area contributed by atoms with E-state index in [4.69, 9.17) is 9.15 Å². The van der Waals surface area contributed by atoms with E-state index < -0.39 is 5.63 Å². The van der Waals surface area contributed by atoms with Crippen molar-refractivity contribution in [3.05, 3.63) is 63.2 Å². The molecule has 0 radical (unpaired) electrons. The normalized spacial score (nSPS) is 16.9. The highest BCUT2D eigenvalue weighted by Crippen LogP contribution is 2.25. The third-order valence-corrected chi connectivity index (χ3v) is 4.80. The summed E-state index contributed by atoms with van der Waals surface area (Å²) >= 11 is 0. The molecule has 3 rings (SSSR count). The van der Waals surface area contributed by atoms with E-state index in [-0.39, 0.29) is 5.91 Å². The van der Waals surface area contributed by atoms with Crippen LogP contribution in [0.2, 0.25) is 0 Å². The molecule has 1 aromatic carbocycles. The molecule has 2 heterocycles. The molecule has 2 aromatic rings. The highest BCUT2D eigenvalue weighted by atomic mass is 16.5. The molecule has 1 atom stereocenters. The number of nitrogens with zero attached hydrogens (tertiary/aromatic N) is 1. The number of rotatable bonds is 4. The molecule has 1 amide bonds. The number of ether oxygens (including phenoxy) is 1. The van der Waals surface area contributed by atoms with Crippen molar-refractivity contribution in [1.82, 2.24) is 4.90 Å². The van der Waals surface area contributed by atoms with Gasteiger partial charge in [0.15, 0.2) is 0 Å². The van der Waals surface area contributed by atoms with E-state index in [0.717, 1.165) is 31.7 Å². The summed E-state index contributed by atoms with van der Waals surface area (Å²) in [6.07, 6.45) is 1.92. The number of hydrogen-bond donors (Lipinski definition) is 0. The van der Waals surface area contributed by atoms with Gasteiger partial charge in [-0.3, -0.25) is 4.79 Å². The summed E-state index contributed by atoms with van der Waals surface area (Å²) in [6.45, 7) is 4.91. The first-order valence-electron chi connectivity index (χ1n) is 8.51. The number of methoxy groups -OCH3 is 1. The fourth-order valence-corrected chi connectivity index (χ4v) is 3.51. The minimum atomic E-state index is -0.412. The fourth-order valence-electron chi connectivity index (χ4n) is 3.51. The monoisotopic (exact) mass is 341 g/mol. The van der Waals surface area contributed by atoms with Crippen molar-refractivity contribution >= 4 is 5.91 Å². The molecule has 1 saturated heterocycles. The number of amides is 1. The van der Waals surface area contributed by atoms with Gasteiger partial charge in [-0.05, 0) is 55.9 Å².